The van der Waals surface area contributed by atoms with Crippen LogP contribution < -0.4 is 15.7 Å². The molecule has 0 unspecified atom stereocenters. The number of carbonyl (C=O) groups excluding carboxylic acids is 1. The number of nitrogens with zero attached hydrogens (tertiary/aromatic N) is 2. The average Bonchev–Trinajstić information content (AvgIpc) is 2.68. The lowest BCUT2D eigenvalue weighted by Crippen LogP contribution is -2.24. The highest BCUT2D eigenvalue weighted by Gasteiger charge is 2.19. The molecule has 0 atom stereocenters. The molecule has 0 saturated heterocycles. The van der Waals surface area contributed by atoms with Gasteiger partial charge in [0.15, 0.2) is 11.5 Å². The first-order chi connectivity index (χ1) is 13.5. The summed E-state index contributed by atoms with van der Waals surface area (Å²) in [4.78, 5) is 31.7. The normalized spacial score (nSPS) is 11.2. The molecule has 2 aromatic carbocycles. The summed E-state index contributed by atoms with van der Waals surface area (Å²) in [6, 6.07) is 14.7. The third-order valence-electron chi connectivity index (χ3n) is 3.80. The molecule has 0 amide bonds. The Balaban J connectivity index is 2.00. The molecule has 2 N–H and O–H groups in total. The Morgan fingerprint density at radius 3 is 2.43 bits per heavy atom. The van der Waals surface area contributed by atoms with E-state index in [0.29, 0.717) is 27.7 Å². The van der Waals surface area contributed by atoms with Gasteiger partial charge < -0.3 is 9.72 Å². The summed E-state index contributed by atoms with van der Waals surface area (Å²) in [6.07, 6.45) is 0. The molecule has 0 aliphatic carbocycles. The number of aromatic amines is 1. The summed E-state index contributed by atoms with van der Waals surface area (Å²) in [5, 5.41) is 4.72. The van der Waals surface area contributed by atoms with Gasteiger partial charge in [0.2, 0.25) is 5.78 Å². The summed E-state index contributed by atoms with van der Waals surface area (Å²) in [7, 11) is 1.57. The SMILES string of the molecule is COc1ccc(N/N=C(\C(=O)c2ccc(Cl)cc2)c2nc(C)cc(=O)[nH]2)cc1. The van der Waals surface area contributed by atoms with Crippen LogP contribution in [0.3, 0.4) is 0 Å². The molecule has 1 heterocycles. The predicted octanol–water partition coefficient (Wildman–Crippen LogP) is 3.44. The summed E-state index contributed by atoms with van der Waals surface area (Å²) >= 11 is 5.90. The fraction of sp³-hybridized carbons (Fsp3) is 0.100. The quantitative estimate of drug-likeness (QED) is 0.378. The van der Waals surface area contributed by atoms with Gasteiger partial charge in [-0.2, -0.15) is 5.10 Å². The van der Waals surface area contributed by atoms with Gasteiger partial charge in [0.05, 0.1) is 12.8 Å². The highest BCUT2D eigenvalue weighted by molar-refractivity contribution is 6.50. The lowest BCUT2D eigenvalue weighted by atomic mass is 10.1. The number of ketones is 1. The second-order valence-electron chi connectivity index (χ2n) is 5.87. The first kappa shape index (κ1) is 19.3. The van der Waals surface area contributed by atoms with Gasteiger partial charge in [-0.15, -0.1) is 0 Å². The number of methoxy groups -OCH3 is 1. The van der Waals surface area contributed by atoms with Gasteiger partial charge in [0, 0.05) is 22.3 Å². The number of hydrogen-bond acceptors (Lipinski definition) is 6. The molecule has 0 radical (unpaired) electrons. The number of anilines is 1. The summed E-state index contributed by atoms with van der Waals surface area (Å²) in [6.45, 7) is 1.67. The maximum atomic E-state index is 13.0. The minimum atomic E-state index is -0.411. The number of H-pyrrole nitrogens is 1. The number of aryl methyl sites for hydroxylation is 1. The van der Waals surface area contributed by atoms with E-state index in [1.165, 1.54) is 6.07 Å². The van der Waals surface area contributed by atoms with Crippen molar-refractivity contribution in [3.63, 3.8) is 0 Å². The Morgan fingerprint density at radius 1 is 1.14 bits per heavy atom. The fourth-order valence-corrected chi connectivity index (χ4v) is 2.55. The number of aromatic nitrogens is 2. The van der Waals surface area contributed by atoms with Crippen LogP contribution in [-0.4, -0.2) is 28.6 Å². The number of hydrogen-bond donors (Lipinski definition) is 2. The molecule has 0 spiro atoms. The molecule has 1 aromatic heterocycles. The number of halogens is 1. The Labute approximate surface area is 166 Å². The molecule has 28 heavy (non-hydrogen) atoms. The zero-order chi connectivity index (χ0) is 20.1. The summed E-state index contributed by atoms with van der Waals surface area (Å²) in [5.41, 5.74) is 3.89. The van der Waals surface area contributed by atoms with Gasteiger partial charge >= 0.3 is 0 Å². The molecule has 0 saturated carbocycles. The maximum Gasteiger partial charge on any atom is 0.251 e. The van der Waals surface area contributed by atoms with Crippen LogP contribution in [0, 0.1) is 6.92 Å². The molecule has 3 rings (SSSR count). The van der Waals surface area contributed by atoms with Gasteiger partial charge in [-0.3, -0.25) is 15.0 Å². The van der Waals surface area contributed by atoms with Gasteiger partial charge in [-0.25, -0.2) is 4.98 Å². The van der Waals surface area contributed by atoms with Crippen molar-refractivity contribution >= 4 is 28.8 Å². The molecule has 0 bridgehead atoms. The van der Waals surface area contributed by atoms with E-state index in [1.807, 2.05) is 0 Å². The van der Waals surface area contributed by atoms with E-state index in [9.17, 15) is 9.59 Å². The Morgan fingerprint density at radius 2 is 1.82 bits per heavy atom. The van der Waals surface area contributed by atoms with E-state index in [-0.39, 0.29) is 17.1 Å². The van der Waals surface area contributed by atoms with E-state index in [2.05, 4.69) is 20.5 Å². The summed E-state index contributed by atoms with van der Waals surface area (Å²) in [5.74, 6) is 0.356. The van der Waals surface area contributed by atoms with Crippen LogP contribution in [0.5, 0.6) is 5.75 Å². The predicted molar refractivity (Wildman–Crippen MR) is 109 cm³/mol. The van der Waals surface area contributed by atoms with Crippen molar-refractivity contribution in [2.75, 3.05) is 12.5 Å². The third-order valence-corrected chi connectivity index (χ3v) is 4.05. The van der Waals surface area contributed by atoms with Crippen LogP contribution in [0.2, 0.25) is 5.02 Å². The lowest BCUT2D eigenvalue weighted by molar-refractivity contribution is 0.106. The van der Waals surface area contributed by atoms with Crippen molar-refractivity contribution in [2.45, 2.75) is 6.92 Å². The highest BCUT2D eigenvalue weighted by Crippen LogP contribution is 2.16. The van der Waals surface area contributed by atoms with E-state index < -0.39 is 5.78 Å². The van der Waals surface area contributed by atoms with Gasteiger partial charge in [0.1, 0.15) is 5.75 Å². The second-order valence-corrected chi connectivity index (χ2v) is 6.31. The standard InChI is InChI=1S/C20H17ClN4O3/c1-12-11-17(26)23-20(22-12)18(19(27)13-3-5-14(21)6-4-13)25-24-15-7-9-16(28-2)10-8-15/h3-11,24H,1-2H3,(H,22,23,26)/b25-18+. The molecule has 0 aliphatic rings. The van der Waals surface area contributed by atoms with E-state index in [1.54, 1.807) is 62.6 Å². The first-order valence-electron chi connectivity index (χ1n) is 8.32. The largest absolute Gasteiger partial charge is 0.497 e. The van der Waals surface area contributed by atoms with Crippen LogP contribution in [0.1, 0.15) is 21.9 Å². The molecular formula is C20H17ClN4O3. The number of benzene rings is 2. The van der Waals surface area contributed by atoms with Crippen molar-refractivity contribution in [1.82, 2.24) is 9.97 Å². The minimum Gasteiger partial charge on any atom is -0.497 e. The fourth-order valence-electron chi connectivity index (χ4n) is 2.43. The molecule has 0 fully saturated rings. The third kappa shape index (κ3) is 4.63. The lowest BCUT2D eigenvalue weighted by Gasteiger charge is -2.08. The van der Waals surface area contributed by atoms with Crippen LogP contribution in [0.4, 0.5) is 5.69 Å². The van der Waals surface area contributed by atoms with Crippen LogP contribution in [0.25, 0.3) is 0 Å². The van der Waals surface area contributed by atoms with Crippen molar-refractivity contribution in [2.24, 2.45) is 5.10 Å². The van der Waals surface area contributed by atoms with Crippen molar-refractivity contribution in [3.05, 3.63) is 87.1 Å². The van der Waals surface area contributed by atoms with Gasteiger partial charge in [-0.1, -0.05) is 11.6 Å². The Hall–Kier alpha value is -3.45. The number of hydrazone groups is 1. The van der Waals surface area contributed by atoms with E-state index in [4.69, 9.17) is 16.3 Å². The van der Waals surface area contributed by atoms with E-state index in [0.717, 1.165) is 0 Å². The first-order valence-corrected chi connectivity index (χ1v) is 8.70. The maximum absolute atomic E-state index is 13.0. The molecule has 7 nitrogen and oxygen atoms in total. The van der Waals surface area contributed by atoms with Crippen molar-refractivity contribution < 1.29 is 9.53 Å². The van der Waals surface area contributed by atoms with E-state index >= 15 is 0 Å². The average molecular weight is 397 g/mol. The number of carbonyl (C=O) groups is 1. The molecule has 3 aromatic rings. The molecular weight excluding hydrogens is 380 g/mol. The van der Waals surface area contributed by atoms with Crippen molar-refractivity contribution in [3.8, 4) is 5.75 Å². The van der Waals surface area contributed by atoms with Gasteiger partial charge in [-0.05, 0) is 55.5 Å². The van der Waals surface area contributed by atoms with Crippen LogP contribution in [0.15, 0.2) is 64.5 Å². The Bertz CT molecular complexity index is 1070. The van der Waals surface area contributed by atoms with Crippen molar-refractivity contribution in [1.29, 1.82) is 0 Å². The zero-order valence-corrected chi connectivity index (χ0v) is 15.9. The molecule has 0 aliphatic heterocycles. The highest BCUT2D eigenvalue weighted by atomic mass is 35.5. The number of rotatable bonds is 6. The minimum absolute atomic E-state index is 0.0288. The number of ether oxygens (including phenoxy) is 1. The molecule has 8 heteroatoms. The van der Waals surface area contributed by atoms with Crippen LogP contribution >= 0.6 is 11.6 Å². The zero-order valence-electron chi connectivity index (χ0n) is 15.2. The number of nitrogens with one attached hydrogen (secondary N) is 2. The molecule has 142 valence electrons. The van der Waals surface area contributed by atoms with Gasteiger partial charge in [0.25, 0.3) is 5.56 Å². The number of Topliss-reactive ketones (excluding diaryl/α,β-unsaturated/α-hetero) is 1. The summed E-state index contributed by atoms with van der Waals surface area (Å²) < 4.78 is 5.12. The monoisotopic (exact) mass is 396 g/mol. The second kappa shape index (κ2) is 8.49. The topological polar surface area (TPSA) is 96.4 Å². The smallest absolute Gasteiger partial charge is 0.251 e. The Kier molecular flexibility index (Phi) is 5.86. The van der Waals surface area contributed by atoms with Crippen LogP contribution in [-0.2, 0) is 0 Å².